The summed E-state index contributed by atoms with van der Waals surface area (Å²) < 4.78 is 0. The number of thioether (sulfide) groups is 1. The van der Waals surface area contributed by atoms with Gasteiger partial charge in [-0.15, -0.1) is 11.8 Å². The predicted molar refractivity (Wildman–Crippen MR) is 61.0 cm³/mol. The third-order valence-corrected chi connectivity index (χ3v) is 1.92. The van der Waals surface area contributed by atoms with Gasteiger partial charge in [0, 0.05) is 5.92 Å². The highest BCUT2D eigenvalue weighted by molar-refractivity contribution is 8.11. The van der Waals surface area contributed by atoms with Gasteiger partial charge in [-0.05, 0) is 19.3 Å². The molecular weight excluding hydrogens is 178 g/mol. The molecular formula is C11H13NS. The van der Waals surface area contributed by atoms with Crippen LogP contribution in [0.2, 0.25) is 0 Å². The summed E-state index contributed by atoms with van der Waals surface area (Å²) in [5.74, 6) is 6.57. The van der Waals surface area contributed by atoms with Gasteiger partial charge in [0.1, 0.15) is 6.04 Å². The first-order chi connectivity index (χ1) is 6.33. The molecule has 0 saturated heterocycles. The first-order valence-corrected chi connectivity index (χ1v) is 5.52. The third kappa shape index (κ3) is 4.00. The number of nitrogens with zero attached hydrogens (tertiary/aromatic N) is 1. The number of rotatable bonds is 2. The normalized spacial score (nSPS) is 31.5. The van der Waals surface area contributed by atoms with Crippen molar-refractivity contribution in [3.05, 3.63) is 24.3 Å². The summed E-state index contributed by atoms with van der Waals surface area (Å²) in [5.41, 5.74) is 1.83. The molecule has 1 aliphatic rings. The lowest BCUT2D eigenvalue weighted by Crippen LogP contribution is -1.98. The smallest absolute Gasteiger partial charge is 0.129 e. The van der Waals surface area contributed by atoms with Crippen molar-refractivity contribution in [2.24, 2.45) is 10.9 Å². The van der Waals surface area contributed by atoms with E-state index in [4.69, 9.17) is 0 Å². The molecule has 0 N–H and O–H groups in total. The molecule has 2 atom stereocenters. The van der Waals surface area contributed by atoms with Gasteiger partial charge in [-0.1, -0.05) is 30.1 Å². The summed E-state index contributed by atoms with van der Waals surface area (Å²) in [4.78, 5) is 4.28. The van der Waals surface area contributed by atoms with Gasteiger partial charge in [-0.25, -0.2) is 0 Å². The zero-order valence-corrected chi connectivity index (χ0v) is 8.71. The summed E-state index contributed by atoms with van der Waals surface area (Å²) in [7, 11) is 0. The van der Waals surface area contributed by atoms with E-state index < -0.39 is 0 Å². The van der Waals surface area contributed by atoms with Crippen LogP contribution in [0.4, 0.5) is 0 Å². The lowest BCUT2D eigenvalue weighted by molar-refractivity contribution is 0.964. The zero-order valence-electron chi connectivity index (χ0n) is 7.90. The molecule has 2 unspecified atom stereocenters. The van der Waals surface area contributed by atoms with Crippen molar-refractivity contribution in [2.75, 3.05) is 6.26 Å². The molecule has 0 saturated carbocycles. The van der Waals surface area contributed by atoms with Crippen molar-refractivity contribution in [1.29, 1.82) is 0 Å². The Morgan fingerprint density at radius 2 is 2.08 bits per heavy atom. The second-order valence-corrected chi connectivity index (χ2v) is 3.46. The zero-order chi connectivity index (χ0) is 9.52. The van der Waals surface area contributed by atoms with Crippen LogP contribution in [0.5, 0.6) is 0 Å². The Hall–Kier alpha value is -0.940. The Kier molecular flexibility index (Phi) is 4.42. The summed E-state index contributed by atoms with van der Waals surface area (Å²) in [6, 6.07) is 0.0276. The summed E-state index contributed by atoms with van der Waals surface area (Å²) in [6.07, 6.45) is 10.1. The summed E-state index contributed by atoms with van der Waals surface area (Å²) in [5, 5.41) is 0. The van der Waals surface area contributed by atoms with E-state index >= 15 is 0 Å². The largest absolute Gasteiger partial charge is 0.266 e. The first-order valence-electron chi connectivity index (χ1n) is 4.23. The highest BCUT2D eigenvalue weighted by atomic mass is 32.2. The van der Waals surface area contributed by atoms with Gasteiger partial charge in [0.25, 0.3) is 0 Å². The van der Waals surface area contributed by atoms with E-state index in [-0.39, 0.29) is 6.04 Å². The molecule has 0 heterocycles. The molecule has 0 fully saturated rings. The minimum absolute atomic E-state index is 0.0276. The van der Waals surface area contributed by atoms with E-state index in [1.54, 1.807) is 11.8 Å². The molecule has 0 aliphatic heterocycles. The van der Waals surface area contributed by atoms with E-state index in [1.807, 2.05) is 30.0 Å². The monoisotopic (exact) mass is 191 g/mol. The van der Waals surface area contributed by atoms with E-state index in [9.17, 15) is 0 Å². The van der Waals surface area contributed by atoms with E-state index in [2.05, 4.69) is 29.8 Å². The van der Waals surface area contributed by atoms with Crippen LogP contribution >= 0.6 is 11.8 Å². The fraction of sp³-hybridized carbons (Fsp3) is 0.364. The molecule has 68 valence electrons. The number of hydrogen-bond donors (Lipinski definition) is 0. The molecule has 0 aromatic heterocycles. The highest BCUT2D eigenvalue weighted by Crippen LogP contribution is 2.02. The van der Waals surface area contributed by atoms with Crippen molar-refractivity contribution < 1.29 is 0 Å². The Morgan fingerprint density at radius 3 is 2.85 bits per heavy atom. The fourth-order valence-electron chi connectivity index (χ4n) is 0.927. The van der Waals surface area contributed by atoms with Crippen LogP contribution in [0.1, 0.15) is 6.92 Å². The number of allylic oxidation sites excluding steroid dienone is 3. The van der Waals surface area contributed by atoms with Crippen LogP contribution in [-0.2, 0) is 0 Å². The van der Waals surface area contributed by atoms with Gasteiger partial charge in [-0.2, -0.15) is 0 Å². The van der Waals surface area contributed by atoms with Gasteiger partial charge in [0.15, 0.2) is 0 Å². The molecule has 0 aromatic carbocycles. The molecule has 0 spiro atoms. The molecule has 2 heteroatoms. The second kappa shape index (κ2) is 5.66. The van der Waals surface area contributed by atoms with Gasteiger partial charge in [0.2, 0.25) is 0 Å². The maximum absolute atomic E-state index is 4.28. The third-order valence-electron chi connectivity index (χ3n) is 1.59. The quantitative estimate of drug-likeness (QED) is 0.371. The predicted octanol–water partition coefficient (Wildman–Crippen LogP) is 2.51. The lowest BCUT2D eigenvalue weighted by atomic mass is 10.1. The van der Waals surface area contributed by atoms with Crippen LogP contribution in [0.3, 0.4) is 0 Å². The minimum Gasteiger partial charge on any atom is -0.266 e. The Bertz CT molecular complexity index is 291. The van der Waals surface area contributed by atoms with Crippen molar-refractivity contribution in [1.82, 2.24) is 0 Å². The average Bonchev–Trinajstić information content (AvgIpc) is 2.11. The van der Waals surface area contributed by atoms with Gasteiger partial charge in [-0.3, -0.25) is 4.99 Å². The van der Waals surface area contributed by atoms with Gasteiger partial charge in [0.05, 0.1) is 5.55 Å². The molecule has 0 amide bonds. The molecule has 1 nitrogen and oxygen atoms in total. The topological polar surface area (TPSA) is 12.4 Å². The maximum Gasteiger partial charge on any atom is 0.129 e. The highest BCUT2D eigenvalue weighted by Gasteiger charge is 1.97. The van der Waals surface area contributed by atoms with Crippen LogP contribution in [0.15, 0.2) is 29.3 Å². The Labute approximate surface area is 84.0 Å². The van der Waals surface area contributed by atoms with Gasteiger partial charge < -0.3 is 0 Å². The van der Waals surface area contributed by atoms with Crippen LogP contribution in [0, 0.1) is 17.8 Å². The Morgan fingerprint density at radius 1 is 1.31 bits per heavy atom. The molecule has 13 heavy (non-hydrogen) atoms. The average molecular weight is 191 g/mol. The molecule has 0 bridgehead atoms. The van der Waals surface area contributed by atoms with E-state index in [1.165, 1.54) is 0 Å². The van der Waals surface area contributed by atoms with Crippen molar-refractivity contribution in [3.63, 3.8) is 0 Å². The number of hydrogen-bond acceptors (Lipinski definition) is 2. The van der Waals surface area contributed by atoms with E-state index in [0.29, 0.717) is 5.92 Å². The SMILES string of the molecule is CS/C=N\C1C#CC(C)/C=C\C=C/1. The van der Waals surface area contributed by atoms with Crippen LogP contribution in [-0.4, -0.2) is 17.8 Å². The summed E-state index contributed by atoms with van der Waals surface area (Å²) >= 11 is 1.60. The van der Waals surface area contributed by atoms with Crippen LogP contribution in [0.25, 0.3) is 0 Å². The maximum atomic E-state index is 4.28. The van der Waals surface area contributed by atoms with Gasteiger partial charge >= 0.3 is 0 Å². The summed E-state index contributed by atoms with van der Waals surface area (Å²) in [6.45, 7) is 2.08. The molecule has 0 aromatic rings. The number of aliphatic imine (C=N–C) groups is 1. The fourth-order valence-corrected chi connectivity index (χ4v) is 1.18. The second-order valence-electron chi connectivity index (χ2n) is 2.78. The Balaban J connectivity index is 2.70. The molecule has 1 rings (SSSR count). The standard InChI is InChI=1S/C11H13NS/c1-10-5-3-4-6-11(8-7-10)12-9-13-2/h3-6,9-11H,1-2H3/b5-3-,6-4-,12-9-. The lowest BCUT2D eigenvalue weighted by Gasteiger charge is -2.00. The molecule has 1 aliphatic carbocycles. The van der Waals surface area contributed by atoms with Crippen LogP contribution < -0.4 is 0 Å². The van der Waals surface area contributed by atoms with E-state index in [0.717, 1.165) is 0 Å². The van der Waals surface area contributed by atoms with Crippen molar-refractivity contribution in [2.45, 2.75) is 13.0 Å². The molecule has 0 radical (unpaired) electrons. The first kappa shape index (κ1) is 10.1. The minimum atomic E-state index is 0.0276. The van der Waals surface area contributed by atoms with Crippen molar-refractivity contribution >= 4 is 17.3 Å². The van der Waals surface area contributed by atoms with Crippen molar-refractivity contribution in [3.8, 4) is 11.8 Å².